The van der Waals surface area contributed by atoms with Gasteiger partial charge in [-0.2, -0.15) is 0 Å². The Bertz CT molecular complexity index is 1760. The lowest BCUT2D eigenvalue weighted by molar-refractivity contribution is -0.194. The second kappa shape index (κ2) is 23.1. The summed E-state index contributed by atoms with van der Waals surface area (Å²) in [5, 5.41) is 62.6. The van der Waals surface area contributed by atoms with Crippen LogP contribution in [0.2, 0.25) is 0 Å². The summed E-state index contributed by atoms with van der Waals surface area (Å²) >= 11 is 0. The number of methoxy groups -OCH3 is 1. The summed E-state index contributed by atoms with van der Waals surface area (Å²) in [6.07, 6.45) is 20.0. The number of ether oxygens (including phenoxy) is 2. The molecule has 0 radical (unpaired) electrons. The van der Waals surface area contributed by atoms with Crippen molar-refractivity contribution in [1.29, 1.82) is 0 Å². The molecule has 10 heteroatoms. The van der Waals surface area contributed by atoms with Gasteiger partial charge >= 0.3 is 0 Å². The Hall–Kier alpha value is -3.03. The number of benzene rings is 1. The lowest BCUT2D eigenvalue weighted by Gasteiger charge is -2.61. The van der Waals surface area contributed by atoms with Gasteiger partial charge in [-0.05, 0) is 138 Å². The monoisotopic (exact) mass is 845 g/mol. The minimum Gasteiger partial charge on any atom is -0.396 e. The first-order chi connectivity index (χ1) is 29.4. The molecule has 2 fully saturated rings. The van der Waals surface area contributed by atoms with Crippen molar-refractivity contribution in [2.45, 2.75) is 102 Å². The largest absolute Gasteiger partial charge is 0.396 e. The minimum absolute atomic E-state index is 0.0390. The van der Waals surface area contributed by atoms with E-state index in [-0.39, 0.29) is 68.2 Å². The smallest absolute Gasteiger partial charge is 0.145 e. The van der Waals surface area contributed by atoms with E-state index in [0.717, 1.165) is 68.1 Å². The van der Waals surface area contributed by atoms with Crippen molar-refractivity contribution in [3.05, 3.63) is 106 Å². The van der Waals surface area contributed by atoms with Crippen LogP contribution >= 0.6 is 0 Å². The van der Waals surface area contributed by atoms with Gasteiger partial charge in [-0.1, -0.05) is 84.0 Å². The predicted octanol–water partition coefficient (Wildman–Crippen LogP) is 5.74. The molecule has 0 amide bonds. The Balaban J connectivity index is 1.46. The Labute approximate surface area is 365 Å². The SMILES string of the molecule is C=C(C=CC=C(COCCO)C1CCC2(C1O)C1C(=C(C)C=O)C(C=CC1CCO)CC2(O)CCNC)C1CC=C(C)CNC(CCCO)(CCOC)Cc2cccc(c2)C1. The number of hydrogen-bond acceptors (Lipinski definition) is 10. The second-order valence-electron chi connectivity index (χ2n) is 18.5. The molecule has 1 heterocycles. The van der Waals surface area contributed by atoms with Crippen LogP contribution in [0.3, 0.4) is 0 Å². The van der Waals surface area contributed by atoms with E-state index in [2.05, 4.69) is 72.7 Å². The normalized spacial score (nSPS) is 32.7. The molecule has 9 unspecified atom stereocenters. The van der Waals surface area contributed by atoms with Crippen molar-refractivity contribution in [1.82, 2.24) is 10.6 Å². The summed E-state index contributed by atoms with van der Waals surface area (Å²) in [7, 11) is 3.61. The van der Waals surface area contributed by atoms with E-state index in [1.807, 2.05) is 26.1 Å². The van der Waals surface area contributed by atoms with Gasteiger partial charge in [0, 0.05) is 56.3 Å². The van der Waals surface area contributed by atoms with Crippen molar-refractivity contribution in [3.63, 3.8) is 0 Å². The number of carbonyl (C=O) groups is 1. The molecule has 1 spiro atoms. The number of fused-ring (bicyclic) bond motifs is 5. The van der Waals surface area contributed by atoms with Crippen LogP contribution in [0.15, 0.2) is 95.2 Å². The Morgan fingerprint density at radius 2 is 1.89 bits per heavy atom. The number of carbonyl (C=O) groups excluding carboxylic acids is 1. The quantitative estimate of drug-likeness (QED) is 0.0284. The maximum Gasteiger partial charge on any atom is 0.145 e. The number of aldehydes is 1. The van der Waals surface area contributed by atoms with E-state index in [1.165, 1.54) is 16.7 Å². The molecule has 3 aliphatic carbocycles. The van der Waals surface area contributed by atoms with E-state index >= 15 is 0 Å². The van der Waals surface area contributed by atoms with Gasteiger partial charge in [0.15, 0.2) is 0 Å². The number of nitrogens with one attached hydrogen (secondary N) is 2. The second-order valence-corrected chi connectivity index (χ2v) is 18.5. The number of allylic oxidation sites excluding steroid dienone is 9. The maximum absolute atomic E-state index is 12.9. The molecule has 10 nitrogen and oxygen atoms in total. The fraction of sp³-hybridized carbons (Fsp3) is 0.627. The molecule has 2 saturated carbocycles. The van der Waals surface area contributed by atoms with Crippen LogP contribution in [-0.4, -0.2) is 116 Å². The molecule has 61 heavy (non-hydrogen) atoms. The summed E-state index contributed by atoms with van der Waals surface area (Å²) in [6.45, 7) is 10.9. The molecule has 5 rings (SSSR count). The van der Waals surface area contributed by atoms with Crippen LogP contribution in [0.1, 0.15) is 82.8 Å². The Morgan fingerprint density at radius 3 is 2.61 bits per heavy atom. The summed E-state index contributed by atoms with van der Waals surface area (Å²) in [4.78, 5) is 12.4. The van der Waals surface area contributed by atoms with Gasteiger partial charge in [-0.15, -0.1) is 0 Å². The fourth-order valence-electron chi connectivity index (χ4n) is 11.5. The van der Waals surface area contributed by atoms with E-state index in [4.69, 9.17) is 9.47 Å². The molecule has 9 atom stereocenters. The van der Waals surface area contributed by atoms with Gasteiger partial charge < -0.3 is 45.6 Å². The van der Waals surface area contributed by atoms with Gasteiger partial charge in [0.25, 0.3) is 0 Å². The van der Waals surface area contributed by atoms with Gasteiger partial charge in [0.05, 0.1) is 31.5 Å². The molecular weight excluding hydrogens is 769 g/mol. The van der Waals surface area contributed by atoms with Crippen LogP contribution in [0.25, 0.3) is 0 Å². The lowest BCUT2D eigenvalue weighted by atomic mass is 9.45. The molecular formula is C51H76N2O8. The van der Waals surface area contributed by atoms with Crippen molar-refractivity contribution in [2.24, 2.45) is 35.0 Å². The summed E-state index contributed by atoms with van der Waals surface area (Å²) in [6, 6.07) is 8.84. The molecule has 1 aliphatic heterocycles. The van der Waals surface area contributed by atoms with E-state index in [1.54, 1.807) is 7.11 Å². The number of aliphatic hydroxyl groups is 5. The first-order valence-electron chi connectivity index (χ1n) is 22.8. The third kappa shape index (κ3) is 11.4. The number of rotatable bonds is 20. The van der Waals surface area contributed by atoms with E-state index < -0.39 is 17.1 Å². The summed E-state index contributed by atoms with van der Waals surface area (Å²) < 4.78 is 11.5. The van der Waals surface area contributed by atoms with Crippen LogP contribution in [0.4, 0.5) is 0 Å². The van der Waals surface area contributed by atoms with Crippen LogP contribution in [0.5, 0.6) is 0 Å². The van der Waals surface area contributed by atoms with E-state index in [0.29, 0.717) is 50.8 Å². The first kappa shape index (κ1) is 49.0. The van der Waals surface area contributed by atoms with Gasteiger partial charge in [0.2, 0.25) is 0 Å². The number of aliphatic hydroxyl groups excluding tert-OH is 4. The number of hydrogen-bond donors (Lipinski definition) is 7. The average Bonchev–Trinajstić information content (AvgIpc) is 3.60. The van der Waals surface area contributed by atoms with Gasteiger partial charge in [-0.25, -0.2) is 0 Å². The fourth-order valence-corrected chi connectivity index (χ4v) is 11.5. The molecule has 0 aromatic heterocycles. The van der Waals surface area contributed by atoms with Gasteiger partial charge in [-0.3, -0.25) is 4.79 Å². The van der Waals surface area contributed by atoms with Crippen LogP contribution in [0, 0.1) is 35.0 Å². The highest BCUT2D eigenvalue weighted by molar-refractivity contribution is 5.74. The average molecular weight is 845 g/mol. The van der Waals surface area contributed by atoms with Crippen LogP contribution < -0.4 is 10.6 Å². The molecule has 338 valence electrons. The summed E-state index contributed by atoms with van der Waals surface area (Å²) in [5.74, 6) is -0.794. The third-order valence-electron chi connectivity index (χ3n) is 14.6. The maximum atomic E-state index is 12.9. The standard InChI is InChI=1S/C51H76N2O8/c1-36-13-14-42(30-39-10-7-11-40(29-39)31-49(53-33-36,19-8-24-54)22-27-60-5)37(2)9-6-12-44(35-61-28-26-56)45-17-20-51(48(45)58)47-41(18-25-55)15-16-43(46(47)38(3)34-57)32-50(51,59)21-23-52-4/h6-7,9-13,15-16,29,34,41-43,45,47-48,52-56,58-59H,2,8,14,17-28,30-33,35H2,1,3-5H3. The Morgan fingerprint density at radius 1 is 1.08 bits per heavy atom. The zero-order valence-electron chi connectivity index (χ0n) is 37.4. The van der Waals surface area contributed by atoms with Crippen molar-refractivity contribution in [2.75, 3.05) is 66.9 Å². The van der Waals surface area contributed by atoms with Crippen LogP contribution in [-0.2, 0) is 27.1 Å². The zero-order chi connectivity index (χ0) is 44.0. The molecule has 0 saturated heterocycles. The van der Waals surface area contributed by atoms with Crippen molar-refractivity contribution < 1.29 is 39.8 Å². The molecule has 7 N–H and O–H groups in total. The van der Waals surface area contributed by atoms with Crippen molar-refractivity contribution >= 4 is 6.29 Å². The molecule has 1 aromatic rings. The highest BCUT2D eigenvalue weighted by Gasteiger charge is 2.68. The summed E-state index contributed by atoms with van der Waals surface area (Å²) in [5.41, 5.74) is 4.86. The predicted molar refractivity (Wildman–Crippen MR) is 243 cm³/mol. The molecule has 1 aromatic carbocycles. The molecule has 4 bridgehead atoms. The van der Waals surface area contributed by atoms with E-state index in [9.17, 15) is 30.3 Å². The lowest BCUT2D eigenvalue weighted by Crippen LogP contribution is -2.65. The van der Waals surface area contributed by atoms with Crippen molar-refractivity contribution in [3.8, 4) is 0 Å². The zero-order valence-corrected chi connectivity index (χ0v) is 37.4. The highest BCUT2D eigenvalue weighted by atomic mass is 16.5. The Kier molecular flexibility index (Phi) is 18.5. The minimum atomic E-state index is -1.23. The van der Waals surface area contributed by atoms with Gasteiger partial charge in [0.1, 0.15) is 6.29 Å². The topological polar surface area (TPSA) is 161 Å². The highest BCUT2D eigenvalue weighted by Crippen LogP contribution is 2.67. The third-order valence-corrected chi connectivity index (χ3v) is 14.6. The first-order valence-corrected chi connectivity index (χ1v) is 22.8. The molecule has 4 aliphatic rings.